The Kier molecular flexibility index (Phi) is 6.15. The Morgan fingerprint density at radius 1 is 1.69 bits per heavy atom. The van der Waals surface area contributed by atoms with E-state index in [1.165, 1.54) is 0 Å². The zero-order valence-corrected chi connectivity index (χ0v) is 7.60. The first-order chi connectivity index (χ1) is 6.20. The van der Waals surface area contributed by atoms with Crippen molar-refractivity contribution in [1.29, 1.82) is 0 Å². The molecule has 0 aromatic carbocycles. The fraction of sp³-hybridized carbons (Fsp3) is 0.200. The number of aliphatic carboxylic acids is 1. The van der Waals surface area contributed by atoms with Gasteiger partial charge in [0.05, 0.1) is 0 Å². The molecule has 0 saturated carbocycles. The summed E-state index contributed by atoms with van der Waals surface area (Å²) < 4.78 is 0. The maximum atomic E-state index is 9.25. The Morgan fingerprint density at radius 2 is 2.31 bits per heavy atom. The molecule has 0 saturated heterocycles. The monoisotopic (exact) mass is 179 g/mol. The van der Waals surface area contributed by atoms with Crippen LogP contribution in [0.2, 0.25) is 0 Å². The second-order valence-electron chi connectivity index (χ2n) is 2.22. The number of aromatic nitrogens is 1. The number of hydrogen-bond acceptors (Lipinski definition) is 2. The molecule has 0 radical (unpaired) electrons. The van der Waals surface area contributed by atoms with Crippen molar-refractivity contribution >= 4 is 5.97 Å². The van der Waals surface area contributed by atoms with E-state index in [2.05, 4.69) is 18.5 Å². The maximum Gasteiger partial charge on any atom is 0.327 e. The highest BCUT2D eigenvalue weighted by atomic mass is 16.4. The van der Waals surface area contributed by atoms with E-state index in [1.54, 1.807) is 0 Å². The lowest BCUT2D eigenvalue weighted by Crippen LogP contribution is -1.82. The molecule has 0 aliphatic rings. The van der Waals surface area contributed by atoms with E-state index in [4.69, 9.17) is 5.11 Å². The number of carboxylic acids is 1. The van der Waals surface area contributed by atoms with Gasteiger partial charge in [0.2, 0.25) is 0 Å². The molecular weight excluding hydrogens is 166 g/mol. The van der Waals surface area contributed by atoms with Crippen molar-refractivity contribution in [2.75, 3.05) is 0 Å². The number of rotatable bonds is 2. The average molecular weight is 179 g/mol. The normalized spacial score (nSPS) is 8.08. The Labute approximate surface area is 77.7 Å². The molecule has 0 spiro atoms. The quantitative estimate of drug-likeness (QED) is 0.705. The summed E-state index contributed by atoms with van der Waals surface area (Å²) in [7, 11) is 0. The van der Waals surface area contributed by atoms with Crippen molar-refractivity contribution in [2.45, 2.75) is 13.3 Å². The second-order valence-corrected chi connectivity index (χ2v) is 2.22. The van der Waals surface area contributed by atoms with Gasteiger partial charge in [0, 0.05) is 18.0 Å². The van der Waals surface area contributed by atoms with Crippen molar-refractivity contribution in [2.24, 2.45) is 0 Å². The summed E-state index contributed by atoms with van der Waals surface area (Å²) in [6, 6.07) is 5.96. The highest BCUT2D eigenvalue weighted by Crippen LogP contribution is 1.91. The Morgan fingerprint density at radius 3 is 2.54 bits per heavy atom. The van der Waals surface area contributed by atoms with Crippen LogP contribution in [0.1, 0.15) is 12.6 Å². The van der Waals surface area contributed by atoms with Crippen LogP contribution in [0.3, 0.4) is 0 Å². The van der Waals surface area contributed by atoms with Gasteiger partial charge in [0.1, 0.15) is 0 Å². The Balaban J connectivity index is 0.000000252. The molecule has 3 heteroatoms. The summed E-state index contributed by atoms with van der Waals surface area (Å²) in [5, 5.41) is 7.60. The third kappa shape index (κ3) is 6.75. The molecule has 0 atom stereocenters. The molecule has 0 fully saturated rings. The molecule has 70 valence electrons. The number of nitrogens with zero attached hydrogens (tertiary/aromatic N) is 1. The summed E-state index contributed by atoms with van der Waals surface area (Å²) in [5.74, 6) is -0.981. The maximum absolute atomic E-state index is 9.25. The molecule has 1 aromatic heterocycles. The smallest absolute Gasteiger partial charge is 0.327 e. The molecule has 1 aromatic rings. The van der Waals surface area contributed by atoms with Gasteiger partial charge in [-0.2, -0.15) is 0 Å². The highest BCUT2D eigenvalue weighted by molar-refractivity contribution is 5.78. The van der Waals surface area contributed by atoms with Crippen molar-refractivity contribution in [3.63, 3.8) is 0 Å². The lowest BCUT2D eigenvalue weighted by molar-refractivity contribution is -0.131. The second kappa shape index (κ2) is 7.03. The zero-order valence-electron chi connectivity index (χ0n) is 7.60. The molecule has 0 unspecified atom stereocenters. The van der Waals surface area contributed by atoms with Crippen LogP contribution in [0.15, 0.2) is 37.1 Å². The summed E-state index contributed by atoms with van der Waals surface area (Å²) in [4.78, 5) is 13.3. The minimum absolute atomic E-state index is 0.833. The van der Waals surface area contributed by atoms with Gasteiger partial charge in [0.15, 0.2) is 0 Å². The first-order valence-electron chi connectivity index (χ1n) is 3.96. The van der Waals surface area contributed by atoms with Crippen LogP contribution in [0.25, 0.3) is 0 Å². The number of hydrogen-bond donors (Lipinski definition) is 1. The van der Waals surface area contributed by atoms with E-state index in [0.717, 1.165) is 18.2 Å². The van der Waals surface area contributed by atoms with Gasteiger partial charge in [0.25, 0.3) is 0 Å². The van der Waals surface area contributed by atoms with Crippen LogP contribution in [0.4, 0.5) is 0 Å². The standard InChI is InChI=1S/C7H9N.C3H4O2/c1-2-7-5-3-4-6-8-7;1-2-3(4)5/h3-6H,2H2,1H3;2H,1H2,(H,4,5). The van der Waals surface area contributed by atoms with Gasteiger partial charge in [-0.1, -0.05) is 19.6 Å². The van der Waals surface area contributed by atoms with Crippen LogP contribution in [-0.2, 0) is 11.2 Å². The van der Waals surface area contributed by atoms with Gasteiger partial charge in [-0.15, -0.1) is 0 Å². The molecular formula is C10H13NO2. The lowest BCUT2D eigenvalue weighted by Gasteiger charge is -1.88. The largest absolute Gasteiger partial charge is 0.478 e. The van der Waals surface area contributed by atoms with E-state index in [1.807, 2.05) is 24.4 Å². The van der Waals surface area contributed by atoms with E-state index in [0.29, 0.717) is 0 Å². The molecule has 0 aliphatic heterocycles. The van der Waals surface area contributed by atoms with Crippen LogP contribution < -0.4 is 0 Å². The van der Waals surface area contributed by atoms with Crippen LogP contribution >= 0.6 is 0 Å². The number of aryl methyl sites for hydroxylation is 1. The molecule has 1 rings (SSSR count). The van der Waals surface area contributed by atoms with Gasteiger partial charge >= 0.3 is 5.97 Å². The first-order valence-corrected chi connectivity index (χ1v) is 3.96. The third-order valence-corrected chi connectivity index (χ3v) is 1.26. The Bertz CT molecular complexity index is 257. The van der Waals surface area contributed by atoms with E-state index < -0.39 is 5.97 Å². The minimum Gasteiger partial charge on any atom is -0.478 e. The van der Waals surface area contributed by atoms with Gasteiger partial charge < -0.3 is 5.11 Å². The van der Waals surface area contributed by atoms with Crippen molar-refractivity contribution in [3.8, 4) is 0 Å². The number of pyridine rings is 1. The van der Waals surface area contributed by atoms with Gasteiger partial charge in [-0.05, 0) is 18.6 Å². The minimum atomic E-state index is -0.981. The number of carbonyl (C=O) groups is 1. The van der Waals surface area contributed by atoms with Crippen molar-refractivity contribution in [3.05, 3.63) is 42.7 Å². The molecule has 3 nitrogen and oxygen atoms in total. The predicted molar refractivity (Wildman–Crippen MR) is 51.4 cm³/mol. The lowest BCUT2D eigenvalue weighted by atomic mass is 10.3. The first kappa shape index (κ1) is 11.4. The van der Waals surface area contributed by atoms with Gasteiger partial charge in [-0.25, -0.2) is 4.79 Å². The molecule has 13 heavy (non-hydrogen) atoms. The third-order valence-electron chi connectivity index (χ3n) is 1.26. The molecule has 1 N–H and O–H groups in total. The Hall–Kier alpha value is -1.64. The molecule has 0 bridgehead atoms. The molecule has 0 aliphatic carbocycles. The zero-order chi connectivity index (χ0) is 10.1. The van der Waals surface area contributed by atoms with Crippen LogP contribution in [-0.4, -0.2) is 16.1 Å². The summed E-state index contributed by atoms with van der Waals surface area (Å²) in [6.45, 7) is 5.06. The fourth-order valence-electron chi connectivity index (χ4n) is 0.607. The summed E-state index contributed by atoms with van der Waals surface area (Å²) in [5.41, 5.74) is 1.16. The predicted octanol–water partition coefficient (Wildman–Crippen LogP) is 1.90. The SMILES string of the molecule is C=CC(=O)O.CCc1ccccn1. The molecule has 0 amide bonds. The summed E-state index contributed by atoms with van der Waals surface area (Å²) >= 11 is 0. The number of carboxylic acid groups (broad SMARTS) is 1. The van der Waals surface area contributed by atoms with Crippen LogP contribution in [0, 0.1) is 0 Å². The van der Waals surface area contributed by atoms with Gasteiger partial charge in [-0.3, -0.25) is 4.98 Å². The van der Waals surface area contributed by atoms with Crippen LogP contribution in [0.5, 0.6) is 0 Å². The average Bonchev–Trinajstić information content (AvgIpc) is 2.20. The van der Waals surface area contributed by atoms with E-state index >= 15 is 0 Å². The molecule has 1 heterocycles. The van der Waals surface area contributed by atoms with E-state index in [9.17, 15) is 4.79 Å². The highest BCUT2D eigenvalue weighted by Gasteiger charge is 1.81. The van der Waals surface area contributed by atoms with Crippen molar-refractivity contribution in [1.82, 2.24) is 4.98 Å². The van der Waals surface area contributed by atoms with E-state index in [-0.39, 0.29) is 0 Å². The summed E-state index contributed by atoms with van der Waals surface area (Å²) in [6.07, 6.45) is 3.68. The van der Waals surface area contributed by atoms with Crippen molar-refractivity contribution < 1.29 is 9.90 Å². The topological polar surface area (TPSA) is 50.2 Å². The fourth-order valence-corrected chi connectivity index (χ4v) is 0.607.